The van der Waals surface area contributed by atoms with Gasteiger partial charge in [0.25, 0.3) is 5.91 Å². The molecule has 4 rings (SSSR count). The van der Waals surface area contributed by atoms with Crippen molar-refractivity contribution in [2.75, 3.05) is 51.1 Å². The maximum absolute atomic E-state index is 13.0. The van der Waals surface area contributed by atoms with Gasteiger partial charge in [0.2, 0.25) is 15.9 Å². The van der Waals surface area contributed by atoms with E-state index in [1.807, 2.05) is 0 Å². The molecule has 0 aromatic heterocycles. The Bertz CT molecular complexity index is 1270. The third-order valence-electron chi connectivity index (χ3n) is 6.37. The molecule has 2 aromatic carbocycles. The predicted molar refractivity (Wildman–Crippen MR) is 132 cm³/mol. The summed E-state index contributed by atoms with van der Waals surface area (Å²) in [6, 6.07) is 9.18. The Hall–Kier alpha value is -2.67. The van der Waals surface area contributed by atoms with Crippen molar-refractivity contribution >= 4 is 39.1 Å². The number of sulfonamides is 1. The van der Waals surface area contributed by atoms with Gasteiger partial charge in [-0.15, -0.1) is 0 Å². The second-order valence-electron chi connectivity index (χ2n) is 8.95. The van der Waals surface area contributed by atoms with Gasteiger partial charge in [-0.25, -0.2) is 8.42 Å². The Morgan fingerprint density at radius 3 is 2.27 bits per heavy atom. The fraction of sp³-hybridized carbons (Fsp3) is 0.417. The fourth-order valence-corrected chi connectivity index (χ4v) is 6.17. The molecule has 1 N–H and O–H groups in total. The molecule has 200 valence electrons. The van der Waals surface area contributed by atoms with Crippen LogP contribution in [0.2, 0.25) is 5.02 Å². The minimum atomic E-state index is -4.64. The first-order valence-electron chi connectivity index (χ1n) is 11.7. The van der Waals surface area contributed by atoms with Gasteiger partial charge in [0.05, 0.1) is 22.0 Å². The molecule has 0 radical (unpaired) electrons. The van der Waals surface area contributed by atoms with Gasteiger partial charge in [0.15, 0.2) is 0 Å². The van der Waals surface area contributed by atoms with Crippen LogP contribution in [0.4, 0.5) is 18.9 Å². The molecular weight excluding hydrogens is 533 g/mol. The molecule has 2 heterocycles. The van der Waals surface area contributed by atoms with Crippen LogP contribution in [0.5, 0.6) is 0 Å². The van der Waals surface area contributed by atoms with Crippen molar-refractivity contribution in [2.45, 2.75) is 23.9 Å². The topological polar surface area (TPSA) is 90.0 Å². The number of hydrogen-bond donors (Lipinski definition) is 1. The van der Waals surface area contributed by atoms with E-state index in [0.29, 0.717) is 39.3 Å². The summed E-state index contributed by atoms with van der Waals surface area (Å²) in [5.74, 6) is -0.793. The summed E-state index contributed by atoms with van der Waals surface area (Å²) < 4.78 is 66.2. The Morgan fingerprint density at radius 1 is 0.946 bits per heavy atom. The Kier molecular flexibility index (Phi) is 8.12. The highest BCUT2D eigenvalue weighted by Gasteiger charge is 2.34. The van der Waals surface area contributed by atoms with E-state index in [-0.39, 0.29) is 28.6 Å². The van der Waals surface area contributed by atoms with Crippen LogP contribution in [-0.2, 0) is 21.0 Å². The van der Waals surface area contributed by atoms with E-state index in [0.717, 1.165) is 25.0 Å². The summed E-state index contributed by atoms with van der Waals surface area (Å²) in [6.07, 6.45) is -3.01. The molecule has 2 aromatic rings. The van der Waals surface area contributed by atoms with Crippen LogP contribution in [-0.4, -0.2) is 80.2 Å². The molecule has 0 atom stereocenters. The first kappa shape index (κ1) is 27.4. The smallest absolute Gasteiger partial charge is 0.336 e. The molecule has 13 heteroatoms. The highest BCUT2D eigenvalue weighted by atomic mass is 35.5. The number of carbonyl (C=O) groups excluding carboxylic acids is 2. The molecule has 0 spiro atoms. The molecule has 0 saturated carbocycles. The Balaban J connectivity index is 1.32. The maximum Gasteiger partial charge on any atom is 0.417 e. The number of alkyl halides is 3. The molecule has 0 unspecified atom stereocenters. The lowest BCUT2D eigenvalue weighted by molar-refractivity contribution is -0.137. The largest absolute Gasteiger partial charge is 0.417 e. The zero-order valence-corrected chi connectivity index (χ0v) is 21.4. The van der Waals surface area contributed by atoms with E-state index in [2.05, 4.69) is 5.32 Å². The standard InChI is InChI=1S/C24H26ClF3N4O4S/c25-21-7-6-18(15-20(21)24(26,27)28)29-22(33)16-30-10-12-31(13-11-30)23(34)17-4-3-5-19(14-17)37(35,36)32-8-1-2-9-32/h3-7,14-15H,1-2,8-13,16H2,(H,29,33). The van der Waals surface area contributed by atoms with Gasteiger partial charge < -0.3 is 10.2 Å². The maximum atomic E-state index is 13.0. The van der Waals surface area contributed by atoms with Crippen LogP contribution in [0.1, 0.15) is 28.8 Å². The Labute approximate surface area is 218 Å². The number of amides is 2. The molecule has 8 nitrogen and oxygen atoms in total. The third kappa shape index (κ3) is 6.43. The number of anilines is 1. The number of piperazine rings is 1. The Morgan fingerprint density at radius 2 is 1.62 bits per heavy atom. The molecule has 0 bridgehead atoms. The monoisotopic (exact) mass is 558 g/mol. The van der Waals surface area contributed by atoms with E-state index in [1.165, 1.54) is 22.5 Å². The molecule has 2 aliphatic heterocycles. The van der Waals surface area contributed by atoms with Gasteiger partial charge in [0.1, 0.15) is 0 Å². The van der Waals surface area contributed by atoms with Gasteiger partial charge in [-0.3, -0.25) is 14.5 Å². The van der Waals surface area contributed by atoms with Crippen molar-refractivity contribution in [3.05, 3.63) is 58.6 Å². The highest BCUT2D eigenvalue weighted by Crippen LogP contribution is 2.36. The van der Waals surface area contributed by atoms with Gasteiger partial charge in [-0.1, -0.05) is 17.7 Å². The van der Waals surface area contributed by atoms with E-state index in [1.54, 1.807) is 21.9 Å². The van der Waals surface area contributed by atoms with E-state index in [9.17, 15) is 31.2 Å². The number of halogens is 4. The SMILES string of the molecule is O=C(CN1CCN(C(=O)c2cccc(S(=O)(=O)N3CCCC3)c2)CC1)Nc1ccc(Cl)c(C(F)(F)F)c1. The minimum Gasteiger partial charge on any atom is -0.336 e. The van der Waals surface area contributed by atoms with Crippen molar-refractivity contribution in [3.8, 4) is 0 Å². The van der Waals surface area contributed by atoms with Crippen molar-refractivity contribution in [2.24, 2.45) is 0 Å². The summed E-state index contributed by atoms with van der Waals surface area (Å²) in [5.41, 5.74) is -0.773. The molecule has 2 saturated heterocycles. The summed E-state index contributed by atoms with van der Waals surface area (Å²) >= 11 is 5.61. The van der Waals surface area contributed by atoms with Crippen LogP contribution in [0.15, 0.2) is 47.4 Å². The molecule has 37 heavy (non-hydrogen) atoms. The molecular formula is C24H26ClF3N4O4S. The quantitative estimate of drug-likeness (QED) is 0.586. The van der Waals surface area contributed by atoms with Crippen molar-refractivity contribution in [1.29, 1.82) is 0 Å². The molecule has 2 aliphatic rings. The van der Waals surface area contributed by atoms with Crippen molar-refractivity contribution in [3.63, 3.8) is 0 Å². The normalized spacial score (nSPS) is 17.7. The fourth-order valence-electron chi connectivity index (χ4n) is 4.38. The average Bonchev–Trinajstić information content (AvgIpc) is 3.41. The molecule has 0 aliphatic carbocycles. The second kappa shape index (κ2) is 11.0. The number of nitrogens with one attached hydrogen (secondary N) is 1. The van der Waals surface area contributed by atoms with Gasteiger partial charge in [0, 0.05) is 50.5 Å². The molecule has 2 amide bonds. The number of carbonyl (C=O) groups is 2. The summed E-state index contributed by atoms with van der Waals surface area (Å²) in [4.78, 5) is 28.9. The van der Waals surface area contributed by atoms with Crippen LogP contribution >= 0.6 is 11.6 Å². The number of benzene rings is 2. The van der Waals surface area contributed by atoms with E-state index in [4.69, 9.17) is 11.6 Å². The first-order valence-corrected chi connectivity index (χ1v) is 13.6. The van der Waals surface area contributed by atoms with Gasteiger partial charge in [-0.05, 0) is 49.2 Å². The summed E-state index contributed by atoms with van der Waals surface area (Å²) in [5, 5.41) is 2.00. The lowest BCUT2D eigenvalue weighted by Crippen LogP contribution is -2.50. The van der Waals surface area contributed by atoms with E-state index >= 15 is 0 Å². The van der Waals surface area contributed by atoms with Crippen molar-refractivity contribution < 1.29 is 31.2 Å². The zero-order valence-electron chi connectivity index (χ0n) is 19.8. The van der Waals surface area contributed by atoms with E-state index < -0.39 is 32.7 Å². The predicted octanol–water partition coefficient (Wildman–Crippen LogP) is 3.54. The lowest BCUT2D eigenvalue weighted by atomic mass is 10.2. The summed E-state index contributed by atoms with van der Waals surface area (Å²) in [6.45, 7) is 2.26. The van der Waals surface area contributed by atoms with Crippen LogP contribution in [0.25, 0.3) is 0 Å². The van der Waals surface area contributed by atoms with Crippen molar-refractivity contribution in [1.82, 2.24) is 14.1 Å². The lowest BCUT2D eigenvalue weighted by Gasteiger charge is -2.34. The average molecular weight is 559 g/mol. The number of hydrogen-bond acceptors (Lipinski definition) is 5. The number of rotatable bonds is 6. The number of nitrogens with zero attached hydrogens (tertiary/aromatic N) is 3. The van der Waals surface area contributed by atoms with Crippen LogP contribution in [0, 0.1) is 0 Å². The molecule has 2 fully saturated rings. The van der Waals surface area contributed by atoms with Gasteiger partial charge >= 0.3 is 6.18 Å². The van der Waals surface area contributed by atoms with Gasteiger partial charge in [-0.2, -0.15) is 17.5 Å². The third-order valence-corrected chi connectivity index (χ3v) is 8.59. The zero-order chi connectivity index (χ0) is 26.8. The second-order valence-corrected chi connectivity index (χ2v) is 11.3. The minimum absolute atomic E-state index is 0.0145. The van der Waals surface area contributed by atoms with Crippen LogP contribution < -0.4 is 5.32 Å². The summed E-state index contributed by atoms with van der Waals surface area (Å²) in [7, 11) is -3.65. The highest BCUT2D eigenvalue weighted by molar-refractivity contribution is 7.89. The van der Waals surface area contributed by atoms with Crippen LogP contribution in [0.3, 0.4) is 0 Å². The first-order chi connectivity index (χ1) is 17.4.